The molecule has 1 fully saturated rings. The number of rotatable bonds is 3. The minimum Gasteiger partial charge on any atom is -0.0683 e. The van der Waals surface area contributed by atoms with Gasteiger partial charge in [0.2, 0.25) is 0 Å². The van der Waals surface area contributed by atoms with Crippen molar-refractivity contribution < 1.29 is 0 Å². The molecule has 1 aliphatic carbocycles. The molecule has 0 heterocycles. The third-order valence-electron chi connectivity index (χ3n) is 3.73. The first kappa shape index (κ1) is 18.4. The average Bonchev–Trinajstić information content (AvgIpc) is 2.42. The maximum absolute atomic E-state index is 2.36. The minimum absolute atomic E-state index is 1.05. The van der Waals surface area contributed by atoms with Crippen LogP contribution < -0.4 is 0 Å². The van der Waals surface area contributed by atoms with Gasteiger partial charge in [-0.05, 0) is 37.0 Å². The molecule has 0 amide bonds. The zero-order valence-electron chi connectivity index (χ0n) is 13.0. The van der Waals surface area contributed by atoms with Crippen molar-refractivity contribution in [3.63, 3.8) is 0 Å². The van der Waals surface area contributed by atoms with Gasteiger partial charge in [0.05, 0.1) is 0 Å². The summed E-state index contributed by atoms with van der Waals surface area (Å²) in [4.78, 5) is 0. The molecule has 1 rings (SSSR count). The van der Waals surface area contributed by atoms with Crippen molar-refractivity contribution >= 4 is 0 Å². The number of hydrogen-bond donors (Lipinski definition) is 0. The Balaban J connectivity index is 0. The van der Waals surface area contributed by atoms with Gasteiger partial charge in [-0.25, -0.2) is 0 Å². The van der Waals surface area contributed by atoms with E-state index < -0.39 is 0 Å². The van der Waals surface area contributed by atoms with Gasteiger partial charge in [-0.15, -0.1) is 0 Å². The van der Waals surface area contributed by atoms with E-state index in [9.17, 15) is 0 Å². The van der Waals surface area contributed by atoms with Gasteiger partial charge in [0, 0.05) is 0 Å². The van der Waals surface area contributed by atoms with E-state index in [1.807, 2.05) is 27.7 Å². The Morgan fingerprint density at radius 1 is 0.562 bits per heavy atom. The molecule has 1 aliphatic rings. The summed E-state index contributed by atoms with van der Waals surface area (Å²) in [5.74, 6) is 3.15. The maximum atomic E-state index is 2.36. The highest BCUT2D eigenvalue weighted by molar-refractivity contribution is 4.77. The summed E-state index contributed by atoms with van der Waals surface area (Å²) < 4.78 is 0. The predicted molar refractivity (Wildman–Crippen MR) is 77.9 cm³/mol. The van der Waals surface area contributed by atoms with Crippen LogP contribution >= 0.6 is 0 Å². The molecule has 16 heavy (non-hydrogen) atoms. The summed E-state index contributed by atoms with van der Waals surface area (Å²) in [6.45, 7) is 15.1. The molecular weight excluding hydrogens is 192 g/mol. The summed E-state index contributed by atoms with van der Waals surface area (Å²) >= 11 is 0. The normalized spacial score (nSPS) is 28.3. The van der Waals surface area contributed by atoms with Crippen LogP contribution in [0.1, 0.15) is 87.0 Å². The van der Waals surface area contributed by atoms with E-state index in [0.29, 0.717) is 0 Å². The first-order chi connectivity index (χ1) is 7.80. The van der Waals surface area contributed by atoms with Crippen LogP contribution in [-0.2, 0) is 0 Å². The Kier molecular flexibility index (Phi) is 15.0. The van der Waals surface area contributed by atoms with Crippen LogP contribution in [0.2, 0.25) is 0 Å². The van der Waals surface area contributed by atoms with Gasteiger partial charge in [-0.3, -0.25) is 0 Å². The highest BCUT2D eigenvalue weighted by atomic mass is 14.3. The molecule has 100 valence electrons. The van der Waals surface area contributed by atoms with E-state index in [1.54, 1.807) is 0 Å². The summed E-state index contributed by atoms with van der Waals surface area (Å²) in [6.07, 6.45) is 8.78. The van der Waals surface area contributed by atoms with Crippen molar-refractivity contribution in [2.45, 2.75) is 87.0 Å². The van der Waals surface area contributed by atoms with Crippen molar-refractivity contribution in [3.05, 3.63) is 0 Å². The highest BCUT2D eigenvalue weighted by Crippen LogP contribution is 2.37. The van der Waals surface area contributed by atoms with E-state index in [4.69, 9.17) is 0 Å². The Hall–Kier alpha value is 0. The van der Waals surface area contributed by atoms with Crippen LogP contribution in [0.4, 0.5) is 0 Å². The average molecular weight is 228 g/mol. The lowest BCUT2D eigenvalue weighted by Crippen LogP contribution is -2.21. The van der Waals surface area contributed by atoms with E-state index >= 15 is 0 Å². The number of hydrogen-bond acceptors (Lipinski definition) is 0. The van der Waals surface area contributed by atoms with Gasteiger partial charge < -0.3 is 0 Å². The smallest absolute Gasteiger partial charge is 0.0412 e. The molecule has 0 aromatic heterocycles. The topological polar surface area (TPSA) is 0 Å². The fraction of sp³-hybridized carbons (Fsp3) is 1.00. The summed E-state index contributed by atoms with van der Waals surface area (Å²) in [6, 6.07) is 0. The molecule has 0 aliphatic heterocycles. The Morgan fingerprint density at radius 2 is 0.750 bits per heavy atom. The lowest BCUT2D eigenvalue weighted by Gasteiger charge is -2.33. The van der Waals surface area contributed by atoms with E-state index in [2.05, 4.69) is 20.8 Å². The van der Waals surface area contributed by atoms with E-state index in [0.717, 1.165) is 17.8 Å². The van der Waals surface area contributed by atoms with E-state index in [1.165, 1.54) is 38.5 Å². The Labute approximate surface area is 105 Å². The maximum Gasteiger partial charge on any atom is -0.0412 e. The van der Waals surface area contributed by atoms with Crippen LogP contribution in [0.15, 0.2) is 0 Å². The molecule has 0 radical (unpaired) electrons. The van der Waals surface area contributed by atoms with Crippen LogP contribution in [0, 0.1) is 17.8 Å². The molecule has 0 nitrogen and oxygen atoms in total. The third kappa shape index (κ3) is 7.30. The lowest BCUT2D eigenvalue weighted by atomic mass is 9.72. The second-order valence-corrected chi connectivity index (χ2v) is 4.53. The van der Waals surface area contributed by atoms with Crippen LogP contribution in [0.5, 0.6) is 0 Å². The minimum atomic E-state index is 1.05. The fourth-order valence-electron chi connectivity index (χ4n) is 2.70. The summed E-state index contributed by atoms with van der Waals surface area (Å²) in [7, 11) is 0. The largest absolute Gasteiger partial charge is 0.0683 e. The predicted octanol–water partition coefficient (Wildman–Crippen LogP) is 6.30. The summed E-state index contributed by atoms with van der Waals surface area (Å²) in [5, 5.41) is 0. The fourth-order valence-corrected chi connectivity index (χ4v) is 2.70. The monoisotopic (exact) mass is 228 g/mol. The summed E-state index contributed by atoms with van der Waals surface area (Å²) in [5.41, 5.74) is 0. The molecule has 0 aromatic carbocycles. The second kappa shape index (κ2) is 13.1. The quantitative estimate of drug-likeness (QED) is 0.531. The van der Waals surface area contributed by atoms with E-state index in [-0.39, 0.29) is 0 Å². The van der Waals surface area contributed by atoms with Crippen molar-refractivity contribution in [3.8, 4) is 0 Å². The first-order valence-electron chi connectivity index (χ1n) is 7.80. The molecule has 0 saturated heterocycles. The van der Waals surface area contributed by atoms with Gasteiger partial charge in [-0.1, -0.05) is 67.7 Å². The van der Waals surface area contributed by atoms with Crippen LogP contribution in [-0.4, -0.2) is 0 Å². The van der Waals surface area contributed by atoms with Gasteiger partial charge in [0.25, 0.3) is 0 Å². The highest BCUT2D eigenvalue weighted by Gasteiger charge is 2.25. The molecule has 0 atom stereocenters. The first-order valence-corrected chi connectivity index (χ1v) is 7.80. The van der Waals surface area contributed by atoms with Gasteiger partial charge in [-0.2, -0.15) is 0 Å². The Bertz CT molecular complexity index is 87.4. The van der Waals surface area contributed by atoms with Gasteiger partial charge in [0.1, 0.15) is 0 Å². The van der Waals surface area contributed by atoms with Crippen LogP contribution in [0.3, 0.4) is 0 Å². The Morgan fingerprint density at radius 3 is 0.875 bits per heavy atom. The lowest BCUT2D eigenvalue weighted by molar-refractivity contribution is 0.183. The SMILES string of the molecule is CC.CC.CCC1CC(CC)CC(CC)C1. The van der Waals surface area contributed by atoms with Crippen molar-refractivity contribution in [1.82, 2.24) is 0 Å². The molecular formula is C16H36. The zero-order chi connectivity index (χ0) is 13.0. The standard InChI is InChI=1S/C12H24.2C2H6/c1-4-10-7-11(5-2)9-12(6-3)8-10;2*1-2/h10-12H,4-9H2,1-3H3;2*1-2H3. The van der Waals surface area contributed by atoms with Crippen molar-refractivity contribution in [2.75, 3.05) is 0 Å². The molecule has 0 bridgehead atoms. The van der Waals surface area contributed by atoms with Crippen LogP contribution in [0.25, 0.3) is 0 Å². The molecule has 0 spiro atoms. The van der Waals surface area contributed by atoms with Gasteiger partial charge >= 0.3 is 0 Å². The molecule has 0 aromatic rings. The van der Waals surface area contributed by atoms with Crippen molar-refractivity contribution in [2.24, 2.45) is 17.8 Å². The third-order valence-corrected chi connectivity index (χ3v) is 3.73. The molecule has 0 N–H and O–H groups in total. The molecule has 1 saturated carbocycles. The van der Waals surface area contributed by atoms with Crippen molar-refractivity contribution in [1.29, 1.82) is 0 Å². The van der Waals surface area contributed by atoms with Gasteiger partial charge in [0.15, 0.2) is 0 Å². The molecule has 0 heteroatoms. The zero-order valence-corrected chi connectivity index (χ0v) is 13.0. The molecule has 0 unspecified atom stereocenters. The second-order valence-electron chi connectivity index (χ2n) is 4.53.